The first-order valence-corrected chi connectivity index (χ1v) is 3.59. The quantitative estimate of drug-likeness (QED) is 0.591. The van der Waals surface area contributed by atoms with Gasteiger partial charge < -0.3 is 0 Å². The highest BCUT2D eigenvalue weighted by Crippen LogP contribution is 2.04. The Labute approximate surface area is 53.4 Å². The molecule has 0 fully saturated rings. The summed E-state index contributed by atoms with van der Waals surface area (Å²) in [4.78, 5) is 4.07. The molecule has 0 aliphatic carbocycles. The van der Waals surface area contributed by atoms with Gasteiger partial charge in [0.15, 0.2) is 0 Å². The fraction of sp³-hybridized carbons (Fsp3) is 0.333. The second-order valence-electron chi connectivity index (χ2n) is 1.53. The van der Waals surface area contributed by atoms with E-state index in [2.05, 4.69) is 18.3 Å². The lowest BCUT2D eigenvalue weighted by atomic mass is 10.3. The van der Waals surface area contributed by atoms with E-state index in [0.29, 0.717) is 0 Å². The minimum absolute atomic E-state index is 1.07. The normalized spacial score (nSPS) is 9.62. The van der Waals surface area contributed by atoms with Crippen LogP contribution in [-0.2, 0) is 0 Å². The maximum Gasteiger partial charge on any atom is 0.0794 e. The number of nitrogens with zero attached hydrogens (tertiary/aromatic N) is 1. The van der Waals surface area contributed by atoms with Crippen LogP contribution in [-0.4, -0.2) is 4.98 Å². The second kappa shape index (κ2) is 2.82. The van der Waals surface area contributed by atoms with Gasteiger partial charge in [0.25, 0.3) is 0 Å². The molecule has 43 valence electrons. The van der Waals surface area contributed by atoms with Crippen molar-refractivity contribution < 1.29 is 0 Å². The Morgan fingerprint density at radius 2 is 2.75 bits per heavy atom. The van der Waals surface area contributed by atoms with Crippen LogP contribution < -0.4 is 0 Å². The highest BCUT2D eigenvalue weighted by Gasteiger charge is 1.89. The molecule has 0 aromatic carbocycles. The summed E-state index contributed by atoms with van der Waals surface area (Å²) in [6.07, 6.45) is 3.18. The van der Waals surface area contributed by atoms with Crippen molar-refractivity contribution in [1.82, 2.24) is 4.98 Å². The molecule has 0 aliphatic rings. The van der Waals surface area contributed by atoms with Crippen LogP contribution in [0.15, 0.2) is 10.9 Å². The Kier molecular flexibility index (Phi) is 2.03. The van der Waals surface area contributed by atoms with Gasteiger partial charge in [0.2, 0.25) is 0 Å². The molecule has 0 spiro atoms. The van der Waals surface area contributed by atoms with Crippen LogP contribution in [0.3, 0.4) is 0 Å². The molecular formula is C6H8NS. The minimum atomic E-state index is 1.07. The van der Waals surface area contributed by atoms with E-state index < -0.39 is 0 Å². The second-order valence-corrected chi connectivity index (χ2v) is 2.24. The Balaban J connectivity index is 2.50. The van der Waals surface area contributed by atoms with Crippen molar-refractivity contribution in [2.24, 2.45) is 0 Å². The summed E-state index contributed by atoms with van der Waals surface area (Å²) < 4.78 is 0. The summed E-state index contributed by atoms with van der Waals surface area (Å²) >= 11 is 1.64. The van der Waals surface area contributed by atoms with Gasteiger partial charge in [-0.05, 0) is 6.42 Å². The molecule has 1 aromatic rings. The monoisotopic (exact) mass is 126 g/mol. The van der Waals surface area contributed by atoms with Crippen LogP contribution in [0.5, 0.6) is 0 Å². The summed E-state index contributed by atoms with van der Waals surface area (Å²) in [5.41, 5.74) is 2.96. The molecule has 8 heavy (non-hydrogen) atoms. The fourth-order valence-electron chi connectivity index (χ4n) is 0.532. The molecule has 2 heteroatoms. The molecule has 1 nitrogen and oxygen atoms in total. The first-order valence-electron chi connectivity index (χ1n) is 2.65. The molecule has 0 atom stereocenters. The molecule has 1 radical (unpaired) electrons. The van der Waals surface area contributed by atoms with Gasteiger partial charge in [0.1, 0.15) is 0 Å². The fourth-order valence-corrected chi connectivity index (χ4v) is 1.07. The van der Waals surface area contributed by atoms with Crippen LogP contribution >= 0.6 is 11.3 Å². The number of hydrogen-bond donors (Lipinski definition) is 0. The van der Waals surface area contributed by atoms with Crippen LogP contribution in [0.2, 0.25) is 0 Å². The Hall–Kier alpha value is -0.370. The van der Waals surface area contributed by atoms with Gasteiger partial charge in [-0.25, -0.2) is 4.98 Å². The van der Waals surface area contributed by atoms with E-state index in [1.54, 1.807) is 11.3 Å². The Bertz CT molecular complexity index is 134. The van der Waals surface area contributed by atoms with Gasteiger partial charge in [-0.3, -0.25) is 0 Å². The summed E-state index contributed by atoms with van der Waals surface area (Å²) in [6.45, 7) is 2.11. The molecule has 0 saturated heterocycles. The number of hydrogen-bond acceptors (Lipinski definition) is 2. The van der Waals surface area contributed by atoms with Gasteiger partial charge in [0.05, 0.1) is 11.2 Å². The molecule has 1 aromatic heterocycles. The molecule has 0 unspecified atom stereocenters. The predicted molar refractivity (Wildman–Crippen MR) is 35.8 cm³/mol. The van der Waals surface area contributed by atoms with Gasteiger partial charge in [-0.1, -0.05) is 6.92 Å². The third-order valence-corrected chi connectivity index (χ3v) is 1.47. The highest BCUT2D eigenvalue weighted by molar-refractivity contribution is 7.07. The summed E-state index contributed by atoms with van der Waals surface area (Å²) in [6, 6.07) is 0. The topological polar surface area (TPSA) is 12.9 Å². The van der Waals surface area contributed by atoms with E-state index in [0.717, 1.165) is 12.1 Å². The highest BCUT2D eigenvalue weighted by atomic mass is 32.1. The lowest BCUT2D eigenvalue weighted by molar-refractivity contribution is 1.09. The van der Waals surface area contributed by atoms with Crippen molar-refractivity contribution in [3.8, 4) is 0 Å². The van der Waals surface area contributed by atoms with Gasteiger partial charge in [0, 0.05) is 11.8 Å². The summed E-state index contributed by atoms with van der Waals surface area (Å²) in [5.74, 6) is 0. The standard InChI is InChI=1S/C6H8NS/c1-2-3-6-4-8-5-7-6/h3-5H,2H2,1H3. The van der Waals surface area contributed by atoms with Crippen LogP contribution in [0.1, 0.15) is 19.0 Å². The zero-order valence-corrected chi connectivity index (χ0v) is 5.61. The van der Waals surface area contributed by atoms with E-state index in [4.69, 9.17) is 0 Å². The first kappa shape index (κ1) is 5.76. The van der Waals surface area contributed by atoms with Crippen molar-refractivity contribution >= 4 is 11.3 Å². The van der Waals surface area contributed by atoms with Crippen molar-refractivity contribution in [2.75, 3.05) is 0 Å². The number of rotatable bonds is 2. The Morgan fingerprint density at radius 3 is 3.25 bits per heavy atom. The number of thiazole rings is 1. The van der Waals surface area contributed by atoms with Gasteiger partial charge in [-0.2, -0.15) is 0 Å². The molecular weight excluding hydrogens is 118 g/mol. The number of aromatic nitrogens is 1. The molecule has 0 aliphatic heterocycles. The predicted octanol–water partition coefficient (Wildman–Crippen LogP) is 2.11. The van der Waals surface area contributed by atoms with Crippen molar-refractivity contribution in [2.45, 2.75) is 13.3 Å². The van der Waals surface area contributed by atoms with E-state index in [9.17, 15) is 0 Å². The third kappa shape index (κ3) is 1.30. The Morgan fingerprint density at radius 1 is 1.88 bits per heavy atom. The van der Waals surface area contributed by atoms with Crippen LogP contribution in [0, 0.1) is 6.42 Å². The third-order valence-electron chi connectivity index (χ3n) is 0.865. The lowest BCUT2D eigenvalue weighted by Crippen LogP contribution is -1.75. The van der Waals surface area contributed by atoms with Crippen LogP contribution in [0.4, 0.5) is 0 Å². The summed E-state index contributed by atoms with van der Waals surface area (Å²) in [5, 5.41) is 2.05. The van der Waals surface area contributed by atoms with Crippen molar-refractivity contribution in [3.63, 3.8) is 0 Å². The smallest absolute Gasteiger partial charge is 0.0794 e. The average molecular weight is 126 g/mol. The SMILES string of the molecule is CC[CH]c1cscn1. The van der Waals surface area contributed by atoms with E-state index in [1.165, 1.54) is 0 Å². The molecule has 0 bridgehead atoms. The van der Waals surface area contributed by atoms with Crippen LogP contribution in [0.25, 0.3) is 0 Å². The lowest BCUT2D eigenvalue weighted by Gasteiger charge is -1.83. The molecule has 0 saturated carbocycles. The van der Waals surface area contributed by atoms with E-state index in [1.807, 2.05) is 10.9 Å². The van der Waals surface area contributed by atoms with Gasteiger partial charge >= 0.3 is 0 Å². The maximum absolute atomic E-state index is 4.07. The average Bonchev–Trinajstić information content (AvgIpc) is 2.19. The molecule has 1 rings (SSSR count). The minimum Gasteiger partial charge on any atom is -0.249 e. The molecule has 1 heterocycles. The first-order chi connectivity index (χ1) is 3.93. The zero-order chi connectivity index (χ0) is 5.82. The molecule has 0 amide bonds. The van der Waals surface area contributed by atoms with Crippen molar-refractivity contribution in [3.05, 3.63) is 23.0 Å². The van der Waals surface area contributed by atoms with Gasteiger partial charge in [-0.15, -0.1) is 11.3 Å². The summed E-state index contributed by atoms with van der Waals surface area (Å²) in [7, 11) is 0. The maximum atomic E-state index is 4.07. The molecule has 0 N–H and O–H groups in total. The van der Waals surface area contributed by atoms with Crippen molar-refractivity contribution in [1.29, 1.82) is 0 Å². The zero-order valence-electron chi connectivity index (χ0n) is 4.79. The largest absolute Gasteiger partial charge is 0.249 e. The van der Waals surface area contributed by atoms with E-state index >= 15 is 0 Å². The van der Waals surface area contributed by atoms with E-state index in [-0.39, 0.29) is 0 Å².